The third kappa shape index (κ3) is 4.01. The molecule has 4 aromatic rings. The number of nitrogens with zero attached hydrogens (tertiary/aromatic N) is 4. The first-order valence-electron chi connectivity index (χ1n) is 8.74. The number of fused-ring (bicyclic) bond motifs is 1. The molecular formula is C18H13ClF3N7O2. The van der Waals surface area contributed by atoms with Gasteiger partial charge >= 0.3 is 6.18 Å². The number of amides is 1. The monoisotopic (exact) mass is 451 g/mol. The summed E-state index contributed by atoms with van der Waals surface area (Å²) in [7, 11) is 0. The van der Waals surface area contributed by atoms with Crippen molar-refractivity contribution in [1.29, 1.82) is 0 Å². The van der Waals surface area contributed by atoms with Gasteiger partial charge in [0.05, 0.1) is 22.6 Å². The average molecular weight is 452 g/mol. The van der Waals surface area contributed by atoms with E-state index >= 15 is 0 Å². The van der Waals surface area contributed by atoms with E-state index in [1.807, 2.05) is 0 Å². The number of nitrogens with two attached hydrogens (primary N) is 1. The second kappa shape index (κ2) is 7.54. The number of aromatic amines is 1. The highest BCUT2D eigenvalue weighted by Crippen LogP contribution is 2.32. The summed E-state index contributed by atoms with van der Waals surface area (Å²) in [6.45, 7) is 1.63. The molecular weight excluding hydrogens is 439 g/mol. The maximum absolute atomic E-state index is 12.9. The molecule has 13 heteroatoms. The lowest BCUT2D eigenvalue weighted by Gasteiger charge is -2.11. The Morgan fingerprint density at radius 3 is 2.81 bits per heavy atom. The van der Waals surface area contributed by atoms with Crippen LogP contribution in [-0.4, -0.2) is 31.0 Å². The minimum absolute atomic E-state index is 0.0324. The summed E-state index contributed by atoms with van der Waals surface area (Å²) in [5.41, 5.74) is 5.47. The van der Waals surface area contributed by atoms with Crippen molar-refractivity contribution in [2.45, 2.75) is 19.1 Å². The maximum atomic E-state index is 12.9. The third-order valence-corrected chi connectivity index (χ3v) is 4.76. The molecule has 1 aromatic carbocycles. The summed E-state index contributed by atoms with van der Waals surface area (Å²) in [6.07, 6.45) is -3.36. The van der Waals surface area contributed by atoms with E-state index in [4.69, 9.17) is 21.9 Å². The van der Waals surface area contributed by atoms with Crippen molar-refractivity contribution in [1.82, 2.24) is 30.4 Å². The number of carbonyl (C=O) groups excluding carboxylic acids is 1. The number of alkyl halides is 3. The van der Waals surface area contributed by atoms with Crippen LogP contribution in [-0.2, 0) is 6.18 Å². The number of halogens is 4. The number of H-pyrrole nitrogens is 1. The number of aromatic nitrogens is 5. The summed E-state index contributed by atoms with van der Waals surface area (Å²) in [5.74, 6) is -0.143. The van der Waals surface area contributed by atoms with Crippen LogP contribution in [0.5, 0.6) is 0 Å². The number of hydrogen-bond acceptors (Lipinski definition) is 7. The molecule has 1 unspecified atom stereocenters. The predicted molar refractivity (Wildman–Crippen MR) is 104 cm³/mol. The molecule has 0 aliphatic rings. The maximum Gasteiger partial charge on any atom is 0.416 e. The largest absolute Gasteiger partial charge is 0.416 e. The first-order valence-corrected chi connectivity index (χ1v) is 9.12. The highest BCUT2D eigenvalue weighted by molar-refractivity contribution is 6.35. The second-order valence-corrected chi connectivity index (χ2v) is 6.92. The zero-order valence-corrected chi connectivity index (χ0v) is 16.4. The van der Waals surface area contributed by atoms with E-state index in [9.17, 15) is 18.0 Å². The van der Waals surface area contributed by atoms with Crippen LogP contribution in [0.3, 0.4) is 0 Å². The Balaban J connectivity index is 1.55. The molecule has 0 aliphatic heterocycles. The Morgan fingerprint density at radius 1 is 1.29 bits per heavy atom. The van der Waals surface area contributed by atoms with Crippen LogP contribution in [0.4, 0.5) is 19.0 Å². The molecule has 0 saturated heterocycles. The van der Waals surface area contributed by atoms with E-state index in [2.05, 4.69) is 30.4 Å². The minimum atomic E-state index is -4.47. The lowest BCUT2D eigenvalue weighted by atomic mass is 10.2. The molecule has 9 nitrogen and oxygen atoms in total. The lowest BCUT2D eigenvalue weighted by Crippen LogP contribution is -2.27. The Kier molecular flexibility index (Phi) is 5.01. The van der Waals surface area contributed by atoms with Gasteiger partial charge in [0.2, 0.25) is 0 Å². The van der Waals surface area contributed by atoms with Crippen LogP contribution in [0.15, 0.2) is 35.1 Å². The number of nitrogen functional groups attached to an aromatic ring is 1. The standard InChI is InChI=1S/C18H13ClF3N7O2/c1-7(26-17(30)14-13(19)15(23)25-6-24-14)12-5-11(29-31-12)16-27-9-3-2-8(18(20,21)22)4-10(9)28-16/h2-7H,1H3,(H,26,30)(H,27,28)(H2,23,24,25). The van der Waals surface area contributed by atoms with Crippen LogP contribution in [0.2, 0.25) is 5.02 Å². The fourth-order valence-corrected chi connectivity index (χ4v) is 2.97. The smallest absolute Gasteiger partial charge is 0.382 e. The van der Waals surface area contributed by atoms with Gasteiger partial charge in [-0.05, 0) is 25.1 Å². The Morgan fingerprint density at radius 2 is 2.06 bits per heavy atom. The summed E-state index contributed by atoms with van der Waals surface area (Å²) < 4.78 is 43.9. The van der Waals surface area contributed by atoms with Gasteiger partial charge in [-0.1, -0.05) is 16.8 Å². The van der Waals surface area contributed by atoms with Gasteiger partial charge in [0.25, 0.3) is 5.91 Å². The van der Waals surface area contributed by atoms with Crippen molar-refractivity contribution in [3.05, 3.63) is 52.6 Å². The molecule has 3 heterocycles. The minimum Gasteiger partial charge on any atom is -0.382 e. The van der Waals surface area contributed by atoms with Gasteiger partial charge in [0, 0.05) is 6.07 Å². The van der Waals surface area contributed by atoms with Gasteiger partial charge in [-0.25, -0.2) is 15.0 Å². The van der Waals surface area contributed by atoms with Crippen molar-refractivity contribution in [2.75, 3.05) is 5.73 Å². The van der Waals surface area contributed by atoms with Crippen molar-refractivity contribution >= 4 is 34.4 Å². The average Bonchev–Trinajstić information content (AvgIpc) is 3.35. The van der Waals surface area contributed by atoms with Gasteiger partial charge in [-0.3, -0.25) is 4.79 Å². The summed E-state index contributed by atoms with van der Waals surface area (Å²) in [4.78, 5) is 26.9. The van der Waals surface area contributed by atoms with Crippen molar-refractivity contribution in [3.8, 4) is 11.5 Å². The van der Waals surface area contributed by atoms with E-state index in [-0.39, 0.29) is 39.3 Å². The fraction of sp³-hybridized carbons (Fsp3) is 0.167. The van der Waals surface area contributed by atoms with E-state index in [1.54, 1.807) is 6.92 Å². The molecule has 1 amide bonds. The van der Waals surface area contributed by atoms with E-state index in [0.717, 1.165) is 18.5 Å². The van der Waals surface area contributed by atoms with Crippen molar-refractivity contribution < 1.29 is 22.5 Å². The number of hydrogen-bond donors (Lipinski definition) is 3. The topological polar surface area (TPSA) is 136 Å². The summed E-state index contributed by atoms with van der Waals surface area (Å²) in [5, 5.41) is 6.43. The molecule has 160 valence electrons. The van der Waals surface area contributed by atoms with Crippen LogP contribution in [0.1, 0.15) is 34.8 Å². The Labute approximate surface area is 176 Å². The summed E-state index contributed by atoms with van der Waals surface area (Å²) >= 11 is 5.95. The number of carbonyl (C=O) groups is 1. The first-order chi connectivity index (χ1) is 14.6. The SMILES string of the molecule is CC(NC(=O)c1ncnc(N)c1Cl)c1cc(-c2nc3ccc(C(F)(F)F)cc3[nH]2)no1. The highest BCUT2D eigenvalue weighted by atomic mass is 35.5. The van der Waals surface area contributed by atoms with Gasteiger partial charge in [-0.2, -0.15) is 13.2 Å². The van der Waals surface area contributed by atoms with Crippen molar-refractivity contribution in [3.63, 3.8) is 0 Å². The molecule has 0 radical (unpaired) electrons. The van der Waals surface area contributed by atoms with Gasteiger partial charge in [0.15, 0.2) is 17.3 Å². The lowest BCUT2D eigenvalue weighted by molar-refractivity contribution is -0.137. The number of imidazole rings is 1. The molecule has 0 saturated carbocycles. The molecule has 0 fully saturated rings. The molecule has 4 N–H and O–H groups in total. The first kappa shape index (κ1) is 20.6. The number of benzene rings is 1. The van der Waals surface area contributed by atoms with Crippen LogP contribution < -0.4 is 11.1 Å². The predicted octanol–water partition coefficient (Wildman–Crippen LogP) is 3.75. The van der Waals surface area contributed by atoms with Crippen LogP contribution in [0.25, 0.3) is 22.6 Å². The number of nitrogens with one attached hydrogen (secondary N) is 2. The van der Waals surface area contributed by atoms with Crippen LogP contribution in [0, 0.1) is 0 Å². The fourth-order valence-electron chi connectivity index (χ4n) is 2.79. The van der Waals surface area contributed by atoms with E-state index in [0.29, 0.717) is 5.52 Å². The molecule has 0 spiro atoms. The zero-order chi connectivity index (χ0) is 22.3. The quantitative estimate of drug-likeness (QED) is 0.430. The highest BCUT2D eigenvalue weighted by Gasteiger charge is 2.31. The molecule has 0 aliphatic carbocycles. The zero-order valence-electron chi connectivity index (χ0n) is 15.7. The van der Waals surface area contributed by atoms with Crippen LogP contribution >= 0.6 is 11.6 Å². The van der Waals surface area contributed by atoms with Gasteiger partial charge < -0.3 is 20.6 Å². The molecule has 31 heavy (non-hydrogen) atoms. The molecule has 1 atom stereocenters. The number of anilines is 1. The number of rotatable bonds is 4. The second-order valence-electron chi connectivity index (χ2n) is 6.55. The van der Waals surface area contributed by atoms with Gasteiger partial charge in [-0.15, -0.1) is 0 Å². The van der Waals surface area contributed by atoms with E-state index < -0.39 is 23.7 Å². The molecule has 4 rings (SSSR count). The normalized spacial score (nSPS) is 12.8. The molecule has 3 aromatic heterocycles. The van der Waals surface area contributed by atoms with E-state index in [1.165, 1.54) is 12.1 Å². The van der Waals surface area contributed by atoms with Gasteiger partial charge in [0.1, 0.15) is 22.9 Å². The Hall–Kier alpha value is -3.67. The Bertz CT molecular complexity index is 1280. The molecule has 0 bridgehead atoms. The third-order valence-electron chi connectivity index (χ3n) is 4.39. The summed E-state index contributed by atoms with van der Waals surface area (Å²) in [6, 6.07) is 4.04. The van der Waals surface area contributed by atoms with Crippen molar-refractivity contribution in [2.24, 2.45) is 0 Å².